The summed E-state index contributed by atoms with van der Waals surface area (Å²) in [4.78, 5) is 0. The average Bonchev–Trinajstić information content (AvgIpc) is 3.06. The summed E-state index contributed by atoms with van der Waals surface area (Å²) < 4.78 is 13.0. The molecule has 17 heavy (non-hydrogen) atoms. The fourth-order valence-corrected chi connectivity index (χ4v) is 3.51. The van der Waals surface area contributed by atoms with Crippen LogP contribution in [0.2, 0.25) is 0 Å². The Kier molecular flexibility index (Phi) is 2.51. The van der Waals surface area contributed by atoms with Crippen molar-refractivity contribution in [3.63, 3.8) is 0 Å². The third-order valence-electron chi connectivity index (χ3n) is 4.55. The summed E-state index contributed by atoms with van der Waals surface area (Å²) in [7, 11) is 0. The van der Waals surface area contributed by atoms with Crippen LogP contribution in [0.3, 0.4) is 0 Å². The molecule has 0 heterocycles. The van der Waals surface area contributed by atoms with E-state index in [0.717, 1.165) is 13.1 Å². The van der Waals surface area contributed by atoms with E-state index >= 15 is 0 Å². The Morgan fingerprint density at radius 3 is 2.35 bits per heavy atom. The molecule has 3 rings (SSSR count). The van der Waals surface area contributed by atoms with Crippen LogP contribution < -0.4 is 5.32 Å². The summed E-state index contributed by atoms with van der Waals surface area (Å²) in [6, 6.07) is 7.14. The van der Waals surface area contributed by atoms with Gasteiger partial charge in [0.25, 0.3) is 0 Å². The molecular weight excluding hydrogens is 213 g/mol. The van der Waals surface area contributed by atoms with Gasteiger partial charge in [-0.15, -0.1) is 0 Å². The fraction of sp³-hybridized carbons (Fsp3) is 0.600. The standard InChI is InChI=1S/C15H20FN/c1-2-17-11-15(9-14(10-15)7-8-14)12-3-5-13(16)6-4-12/h3-6,17H,2,7-11H2,1H3. The molecule has 2 fully saturated rings. The molecule has 1 aromatic carbocycles. The van der Waals surface area contributed by atoms with Gasteiger partial charge in [0.15, 0.2) is 0 Å². The Hall–Kier alpha value is -0.890. The van der Waals surface area contributed by atoms with E-state index in [1.165, 1.54) is 31.2 Å². The van der Waals surface area contributed by atoms with Gasteiger partial charge in [0.1, 0.15) is 5.82 Å². The Morgan fingerprint density at radius 2 is 1.82 bits per heavy atom. The molecule has 1 aromatic rings. The van der Waals surface area contributed by atoms with Crippen molar-refractivity contribution in [2.24, 2.45) is 5.41 Å². The molecular formula is C15H20FN. The first-order chi connectivity index (χ1) is 8.18. The number of benzene rings is 1. The molecule has 92 valence electrons. The van der Waals surface area contributed by atoms with Gasteiger partial charge in [-0.25, -0.2) is 4.39 Å². The number of likely N-dealkylation sites (N-methyl/N-ethyl adjacent to an activating group) is 1. The number of rotatable bonds is 4. The smallest absolute Gasteiger partial charge is 0.123 e. The number of hydrogen-bond donors (Lipinski definition) is 1. The Bertz CT molecular complexity index is 397. The van der Waals surface area contributed by atoms with Gasteiger partial charge in [-0.1, -0.05) is 19.1 Å². The van der Waals surface area contributed by atoms with Gasteiger partial charge in [0.05, 0.1) is 0 Å². The largest absolute Gasteiger partial charge is 0.316 e. The second kappa shape index (κ2) is 3.81. The minimum atomic E-state index is -0.132. The van der Waals surface area contributed by atoms with Crippen molar-refractivity contribution in [3.05, 3.63) is 35.6 Å². The Labute approximate surface area is 102 Å². The van der Waals surface area contributed by atoms with Gasteiger partial charge >= 0.3 is 0 Å². The minimum Gasteiger partial charge on any atom is -0.316 e. The molecule has 0 unspecified atom stereocenters. The molecule has 2 aliphatic rings. The zero-order valence-corrected chi connectivity index (χ0v) is 10.4. The summed E-state index contributed by atoms with van der Waals surface area (Å²) in [5.74, 6) is -0.132. The third kappa shape index (κ3) is 1.89. The van der Waals surface area contributed by atoms with Crippen LogP contribution in [-0.4, -0.2) is 13.1 Å². The maximum atomic E-state index is 13.0. The lowest BCUT2D eigenvalue weighted by atomic mass is 9.56. The Balaban J connectivity index is 1.81. The average molecular weight is 233 g/mol. The van der Waals surface area contributed by atoms with Gasteiger partial charge in [-0.3, -0.25) is 0 Å². The van der Waals surface area contributed by atoms with Crippen molar-refractivity contribution in [1.82, 2.24) is 5.32 Å². The van der Waals surface area contributed by atoms with Crippen molar-refractivity contribution < 1.29 is 4.39 Å². The molecule has 0 radical (unpaired) electrons. The lowest BCUT2D eigenvalue weighted by Crippen LogP contribution is -2.49. The highest BCUT2D eigenvalue weighted by molar-refractivity contribution is 5.33. The third-order valence-corrected chi connectivity index (χ3v) is 4.55. The first-order valence-electron chi connectivity index (χ1n) is 6.65. The highest BCUT2D eigenvalue weighted by Crippen LogP contribution is 2.68. The maximum absolute atomic E-state index is 13.0. The molecule has 0 saturated heterocycles. The van der Waals surface area contributed by atoms with Crippen LogP contribution in [0, 0.1) is 11.2 Å². The molecule has 2 aliphatic carbocycles. The number of hydrogen-bond acceptors (Lipinski definition) is 1. The summed E-state index contributed by atoms with van der Waals surface area (Å²) in [6.45, 7) is 4.19. The van der Waals surface area contributed by atoms with Crippen LogP contribution in [0.15, 0.2) is 24.3 Å². The molecule has 1 N–H and O–H groups in total. The van der Waals surface area contributed by atoms with E-state index in [1.54, 1.807) is 12.1 Å². The van der Waals surface area contributed by atoms with E-state index < -0.39 is 0 Å². The molecule has 0 amide bonds. The maximum Gasteiger partial charge on any atom is 0.123 e. The van der Waals surface area contributed by atoms with Crippen LogP contribution >= 0.6 is 0 Å². The van der Waals surface area contributed by atoms with Gasteiger partial charge in [0, 0.05) is 12.0 Å². The van der Waals surface area contributed by atoms with E-state index in [0.29, 0.717) is 5.41 Å². The minimum absolute atomic E-state index is 0.132. The van der Waals surface area contributed by atoms with E-state index in [-0.39, 0.29) is 11.2 Å². The second-order valence-corrected chi connectivity index (χ2v) is 5.92. The zero-order valence-electron chi connectivity index (χ0n) is 10.4. The summed E-state index contributed by atoms with van der Waals surface area (Å²) >= 11 is 0. The molecule has 0 bridgehead atoms. The monoisotopic (exact) mass is 233 g/mol. The van der Waals surface area contributed by atoms with E-state index in [1.807, 2.05) is 12.1 Å². The second-order valence-electron chi connectivity index (χ2n) is 5.92. The van der Waals surface area contributed by atoms with Crippen LogP contribution in [0.5, 0.6) is 0 Å². The predicted octanol–water partition coefficient (Wildman–Crippen LogP) is 3.25. The van der Waals surface area contributed by atoms with Gasteiger partial charge < -0.3 is 5.32 Å². The van der Waals surface area contributed by atoms with Gasteiger partial charge in [-0.05, 0) is 55.3 Å². The van der Waals surface area contributed by atoms with E-state index in [2.05, 4.69) is 12.2 Å². The molecule has 0 atom stereocenters. The van der Waals surface area contributed by atoms with Crippen LogP contribution in [0.1, 0.15) is 38.2 Å². The summed E-state index contributed by atoms with van der Waals surface area (Å²) in [5.41, 5.74) is 2.27. The van der Waals surface area contributed by atoms with Crippen molar-refractivity contribution in [2.45, 2.75) is 38.0 Å². The molecule has 0 aromatic heterocycles. The van der Waals surface area contributed by atoms with Gasteiger partial charge in [-0.2, -0.15) is 0 Å². The summed E-state index contributed by atoms with van der Waals surface area (Å²) in [5, 5.41) is 3.48. The highest BCUT2D eigenvalue weighted by atomic mass is 19.1. The number of nitrogens with one attached hydrogen (secondary N) is 1. The molecule has 1 nitrogen and oxygen atoms in total. The summed E-state index contributed by atoms with van der Waals surface area (Å²) in [6.07, 6.45) is 5.39. The Morgan fingerprint density at radius 1 is 1.18 bits per heavy atom. The SMILES string of the molecule is CCNCC1(c2ccc(F)cc2)CC2(CC2)C1. The topological polar surface area (TPSA) is 12.0 Å². The molecule has 1 spiro atoms. The van der Waals surface area contributed by atoms with Crippen molar-refractivity contribution in [2.75, 3.05) is 13.1 Å². The van der Waals surface area contributed by atoms with Crippen LogP contribution in [0.4, 0.5) is 4.39 Å². The van der Waals surface area contributed by atoms with Crippen LogP contribution in [0.25, 0.3) is 0 Å². The highest BCUT2D eigenvalue weighted by Gasteiger charge is 2.60. The number of halogens is 1. The zero-order chi connectivity index (χ0) is 11.9. The lowest BCUT2D eigenvalue weighted by molar-refractivity contribution is 0.117. The fourth-order valence-electron chi connectivity index (χ4n) is 3.51. The molecule has 2 saturated carbocycles. The van der Waals surface area contributed by atoms with Gasteiger partial charge in [0.2, 0.25) is 0 Å². The molecule has 2 heteroatoms. The quantitative estimate of drug-likeness (QED) is 0.841. The van der Waals surface area contributed by atoms with Crippen molar-refractivity contribution in [1.29, 1.82) is 0 Å². The van der Waals surface area contributed by atoms with E-state index in [4.69, 9.17) is 0 Å². The lowest BCUT2D eigenvalue weighted by Gasteiger charge is -2.49. The predicted molar refractivity (Wildman–Crippen MR) is 67.5 cm³/mol. The van der Waals surface area contributed by atoms with Crippen LogP contribution in [-0.2, 0) is 5.41 Å². The normalized spacial score (nSPS) is 23.4. The van der Waals surface area contributed by atoms with E-state index in [9.17, 15) is 4.39 Å². The molecule has 0 aliphatic heterocycles. The first kappa shape index (κ1) is 11.2. The van der Waals surface area contributed by atoms with Crippen molar-refractivity contribution in [3.8, 4) is 0 Å². The van der Waals surface area contributed by atoms with Crippen molar-refractivity contribution >= 4 is 0 Å². The first-order valence-corrected chi connectivity index (χ1v) is 6.65.